The van der Waals surface area contributed by atoms with Crippen LogP contribution in [-0.2, 0) is 0 Å². The van der Waals surface area contributed by atoms with E-state index in [0.717, 1.165) is 5.56 Å². The Bertz CT molecular complexity index is 621. The molecule has 0 aliphatic heterocycles. The van der Waals surface area contributed by atoms with E-state index in [-0.39, 0.29) is 5.91 Å². The number of benzene rings is 2. The van der Waals surface area contributed by atoms with Gasteiger partial charge in [-0.1, -0.05) is 12.1 Å². The second-order valence-corrected chi connectivity index (χ2v) is 4.06. The van der Waals surface area contributed by atoms with Gasteiger partial charge in [0.15, 0.2) is 0 Å². The summed E-state index contributed by atoms with van der Waals surface area (Å²) in [5.41, 5.74) is 9.90. The Balaban J connectivity index is 2.02. The summed E-state index contributed by atoms with van der Waals surface area (Å²) < 4.78 is 5.18. The van der Waals surface area contributed by atoms with Gasteiger partial charge in [0.25, 0.3) is 5.91 Å². The molecule has 0 aromatic heterocycles. The van der Waals surface area contributed by atoms with Crippen LogP contribution in [0, 0.1) is 0 Å². The first-order valence-corrected chi connectivity index (χ1v) is 6.02. The van der Waals surface area contributed by atoms with Gasteiger partial charge in [0.05, 0.1) is 13.3 Å². The molecule has 0 spiro atoms. The maximum atomic E-state index is 11.8. The number of rotatable bonds is 4. The van der Waals surface area contributed by atoms with Crippen molar-refractivity contribution in [2.24, 2.45) is 5.10 Å². The number of methoxy groups -OCH3 is 1. The highest BCUT2D eigenvalue weighted by Crippen LogP contribution is 2.14. The number of ether oxygens (including phenoxy) is 1. The first-order chi connectivity index (χ1) is 9.70. The quantitative estimate of drug-likeness (QED) is 0.506. The zero-order valence-electron chi connectivity index (χ0n) is 11.0. The number of hydrogen-bond acceptors (Lipinski definition) is 4. The number of nitrogens with two attached hydrogens (primary N) is 1. The second kappa shape index (κ2) is 6.38. The number of anilines is 1. The highest BCUT2D eigenvalue weighted by molar-refractivity contribution is 5.95. The van der Waals surface area contributed by atoms with E-state index in [9.17, 15) is 4.79 Å². The van der Waals surface area contributed by atoms with E-state index in [2.05, 4.69) is 10.5 Å². The molecule has 2 rings (SSSR count). The van der Waals surface area contributed by atoms with Crippen molar-refractivity contribution in [2.45, 2.75) is 0 Å². The molecule has 0 atom stereocenters. The number of hydrogen-bond donors (Lipinski definition) is 2. The third-order valence-corrected chi connectivity index (χ3v) is 2.68. The zero-order chi connectivity index (χ0) is 14.4. The number of para-hydroxylation sites is 1. The summed E-state index contributed by atoms with van der Waals surface area (Å²) in [6.07, 6.45) is 1.54. The molecule has 0 saturated heterocycles. The van der Waals surface area contributed by atoms with Crippen molar-refractivity contribution in [1.82, 2.24) is 5.43 Å². The lowest BCUT2D eigenvalue weighted by molar-refractivity contribution is 0.0955. The van der Waals surface area contributed by atoms with Gasteiger partial charge in [-0.05, 0) is 36.4 Å². The minimum atomic E-state index is -0.295. The zero-order valence-corrected chi connectivity index (χ0v) is 11.0. The van der Waals surface area contributed by atoms with Crippen molar-refractivity contribution in [1.29, 1.82) is 0 Å². The normalized spacial score (nSPS) is 10.4. The third-order valence-electron chi connectivity index (χ3n) is 2.68. The summed E-state index contributed by atoms with van der Waals surface area (Å²) in [6.45, 7) is 0. The molecule has 0 saturated carbocycles. The van der Waals surface area contributed by atoms with Gasteiger partial charge in [-0.15, -0.1) is 0 Å². The molecule has 0 bridgehead atoms. The third kappa shape index (κ3) is 3.35. The lowest BCUT2D eigenvalue weighted by Crippen LogP contribution is -2.17. The molecular formula is C15H15N3O2. The molecule has 0 radical (unpaired) electrons. The van der Waals surface area contributed by atoms with E-state index in [4.69, 9.17) is 10.5 Å². The highest BCUT2D eigenvalue weighted by atomic mass is 16.5. The Morgan fingerprint density at radius 2 is 1.90 bits per heavy atom. The Labute approximate surface area is 117 Å². The summed E-state index contributed by atoms with van der Waals surface area (Å²) in [4.78, 5) is 11.8. The van der Waals surface area contributed by atoms with Crippen molar-refractivity contribution >= 4 is 17.8 Å². The van der Waals surface area contributed by atoms with Gasteiger partial charge in [-0.3, -0.25) is 4.79 Å². The molecule has 0 heterocycles. The van der Waals surface area contributed by atoms with Crippen molar-refractivity contribution < 1.29 is 9.53 Å². The minimum absolute atomic E-state index is 0.295. The van der Waals surface area contributed by atoms with Crippen LogP contribution in [-0.4, -0.2) is 19.2 Å². The Morgan fingerprint density at radius 1 is 1.20 bits per heavy atom. The topological polar surface area (TPSA) is 76.7 Å². The molecule has 20 heavy (non-hydrogen) atoms. The maximum absolute atomic E-state index is 11.8. The second-order valence-electron chi connectivity index (χ2n) is 4.06. The van der Waals surface area contributed by atoms with Crippen LogP contribution in [0.25, 0.3) is 0 Å². The maximum Gasteiger partial charge on any atom is 0.271 e. The first kappa shape index (κ1) is 13.6. The van der Waals surface area contributed by atoms with Crippen molar-refractivity contribution in [3.8, 4) is 5.75 Å². The predicted molar refractivity (Wildman–Crippen MR) is 78.9 cm³/mol. The molecule has 3 N–H and O–H groups in total. The van der Waals surface area contributed by atoms with Crippen LogP contribution in [0.2, 0.25) is 0 Å². The van der Waals surface area contributed by atoms with Crippen LogP contribution >= 0.6 is 0 Å². The fourth-order valence-corrected chi connectivity index (χ4v) is 1.63. The van der Waals surface area contributed by atoms with Gasteiger partial charge in [0, 0.05) is 16.8 Å². The smallest absolute Gasteiger partial charge is 0.271 e. The Hall–Kier alpha value is -2.82. The standard InChI is InChI=1S/C15H15N3O2/c1-20-14-5-3-2-4-12(14)10-17-18-15(19)11-6-8-13(16)9-7-11/h2-10H,16H2,1H3,(H,18,19)/b17-10-. The molecule has 5 nitrogen and oxygen atoms in total. The Kier molecular flexibility index (Phi) is 4.34. The number of nitrogens with zero attached hydrogens (tertiary/aromatic N) is 1. The van der Waals surface area contributed by atoms with Gasteiger partial charge in [-0.25, -0.2) is 5.43 Å². The lowest BCUT2D eigenvalue weighted by atomic mass is 10.2. The molecular weight excluding hydrogens is 254 g/mol. The van der Waals surface area contributed by atoms with Crippen LogP contribution in [0.4, 0.5) is 5.69 Å². The largest absolute Gasteiger partial charge is 0.496 e. The van der Waals surface area contributed by atoms with Crippen LogP contribution in [0.3, 0.4) is 0 Å². The van der Waals surface area contributed by atoms with Crippen LogP contribution in [0.15, 0.2) is 53.6 Å². The minimum Gasteiger partial charge on any atom is -0.496 e. The van der Waals surface area contributed by atoms with Gasteiger partial charge in [-0.2, -0.15) is 5.10 Å². The van der Waals surface area contributed by atoms with E-state index in [0.29, 0.717) is 17.0 Å². The van der Waals surface area contributed by atoms with E-state index < -0.39 is 0 Å². The summed E-state index contributed by atoms with van der Waals surface area (Å²) in [7, 11) is 1.58. The molecule has 0 fully saturated rings. The number of amides is 1. The van der Waals surface area contributed by atoms with Gasteiger partial charge >= 0.3 is 0 Å². The number of carbonyl (C=O) groups is 1. The van der Waals surface area contributed by atoms with E-state index >= 15 is 0 Å². The molecule has 102 valence electrons. The Morgan fingerprint density at radius 3 is 2.60 bits per heavy atom. The molecule has 2 aromatic rings. The highest BCUT2D eigenvalue weighted by Gasteiger charge is 2.03. The summed E-state index contributed by atoms with van der Waals surface area (Å²) in [5, 5.41) is 3.91. The fraction of sp³-hybridized carbons (Fsp3) is 0.0667. The van der Waals surface area contributed by atoms with Crippen molar-refractivity contribution in [2.75, 3.05) is 12.8 Å². The molecule has 5 heteroatoms. The summed E-state index contributed by atoms with van der Waals surface area (Å²) in [5.74, 6) is 0.397. The van der Waals surface area contributed by atoms with Crippen molar-refractivity contribution in [3.05, 3.63) is 59.7 Å². The predicted octanol–water partition coefficient (Wildman–Crippen LogP) is 2.04. The average Bonchev–Trinajstić information content (AvgIpc) is 2.48. The summed E-state index contributed by atoms with van der Waals surface area (Å²) >= 11 is 0. The van der Waals surface area contributed by atoms with Crippen LogP contribution < -0.4 is 15.9 Å². The van der Waals surface area contributed by atoms with Gasteiger partial charge < -0.3 is 10.5 Å². The van der Waals surface area contributed by atoms with Gasteiger partial charge in [0.2, 0.25) is 0 Å². The van der Waals surface area contributed by atoms with Crippen LogP contribution in [0.5, 0.6) is 5.75 Å². The van der Waals surface area contributed by atoms with Crippen LogP contribution in [0.1, 0.15) is 15.9 Å². The van der Waals surface area contributed by atoms with Gasteiger partial charge in [0.1, 0.15) is 5.75 Å². The van der Waals surface area contributed by atoms with E-state index in [1.807, 2.05) is 24.3 Å². The molecule has 0 aliphatic rings. The average molecular weight is 269 g/mol. The molecule has 0 unspecified atom stereocenters. The monoisotopic (exact) mass is 269 g/mol. The molecule has 1 amide bonds. The number of hydrazone groups is 1. The lowest BCUT2D eigenvalue weighted by Gasteiger charge is -2.03. The number of nitrogen functional groups attached to an aromatic ring is 1. The number of nitrogens with one attached hydrogen (secondary N) is 1. The van der Waals surface area contributed by atoms with Crippen molar-refractivity contribution in [3.63, 3.8) is 0 Å². The summed E-state index contributed by atoms with van der Waals surface area (Å²) in [6, 6.07) is 14.0. The molecule has 2 aromatic carbocycles. The first-order valence-electron chi connectivity index (χ1n) is 6.02. The number of carbonyl (C=O) groups excluding carboxylic acids is 1. The SMILES string of the molecule is COc1ccccc1/C=N\NC(=O)c1ccc(N)cc1. The van der Waals surface area contributed by atoms with E-state index in [1.165, 1.54) is 6.21 Å². The fourth-order valence-electron chi connectivity index (χ4n) is 1.63. The van der Waals surface area contributed by atoms with E-state index in [1.54, 1.807) is 31.4 Å². The molecule has 0 aliphatic carbocycles.